The highest BCUT2D eigenvalue weighted by Gasteiger charge is 2.31. The van der Waals surface area contributed by atoms with Crippen LogP contribution in [-0.4, -0.2) is 54.9 Å². The van der Waals surface area contributed by atoms with Gasteiger partial charge in [0.05, 0.1) is 11.8 Å². The molecular weight excluding hydrogens is 388 g/mol. The lowest BCUT2D eigenvalue weighted by Crippen LogP contribution is -2.39. The lowest BCUT2D eigenvalue weighted by atomic mass is 10.2. The number of thioether (sulfide) groups is 1. The molecule has 0 saturated carbocycles. The fraction of sp³-hybridized carbons (Fsp3) is 0.250. The van der Waals surface area contributed by atoms with Crippen molar-refractivity contribution >= 4 is 23.7 Å². The molecule has 1 fully saturated rings. The zero-order valence-corrected chi connectivity index (χ0v) is 16.7. The molecule has 148 valence electrons. The topological polar surface area (TPSA) is 93.0 Å². The second-order valence-electron chi connectivity index (χ2n) is 6.60. The van der Waals surface area contributed by atoms with E-state index in [2.05, 4.69) is 20.5 Å². The van der Waals surface area contributed by atoms with Crippen molar-refractivity contribution in [1.82, 2.24) is 30.0 Å². The van der Waals surface area contributed by atoms with Crippen LogP contribution in [0, 0.1) is 0 Å². The number of urea groups is 1. The van der Waals surface area contributed by atoms with Crippen molar-refractivity contribution in [2.24, 2.45) is 0 Å². The van der Waals surface area contributed by atoms with Crippen molar-refractivity contribution < 1.29 is 9.59 Å². The van der Waals surface area contributed by atoms with Gasteiger partial charge in [-0.25, -0.2) is 4.79 Å². The summed E-state index contributed by atoms with van der Waals surface area (Å²) >= 11 is 1.30. The van der Waals surface area contributed by atoms with Crippen LogP contribution in [0.2, 0.25) is 0 Å². The van der Waals surface area contributed by atoms with E-state index in [4.69, 9.17) is 0 Å². The highest BCUT2D eigenvalue weighted by atomic mass is 32.2. The van der Waals surface area contributed by atoms with Crippen molar-refractivity contribution in [3.63, 3.8) is 0 Å². The number of rotatable bonds is 6. The molecule has 8 nitrogen and oxygen atoms in total. The first-order chi connectivity index (χ1) is 14.1. The minimum Gasteiger partial charge on any atom is -0.336 e. The summed E-state index contributed by atoms with van der Waals surface area (Å²) in [6.45, 7) is 3.23. The van der Waals surface area contributed by atoms with Gasteiger partial charge in [0.1, 0.15) is 0 Å². The lowest BCUT2D eigenvalue weighted by Gasteiger charge is -2.17. The summed E-state index contributed by atoms with van der Waals surface area (Å²) in [5.74, 6) is 0.474. The number of imide groups is 1. The summed E-state index contributed by atoms with van der Waals surface area (Å²) < 4.78 is 1.99. The van der Waals surface area contributed by atoms with Gasteiger partial charge in [-0.05, 0) is 24.6 Å². The Bertz CT molecular complexity index is 1010. The molecule has 1 aromatic carbocycles. The van der Waals surface area contributed by atoms with Crippen LogP contribution in [0.1, 0.15) is 12.5 Å². The second kappa shape index (κ2) is 8.44. The molecule has 0 aliphatic carbocycles. The SMILES string of the molecule is C[C@H](Sc1nnc(-c2ccncc2)n1Cc1ccccc1)C(=O)N1CCNC1=O. The summed E-state index contributed by atoms with van der Waals surface area (Å²) in [5, 5.41) is 11.5. The fourth-order valence-electron chi connectivity index (χ4n) is 3.11. The van der Waals surface area contributed by atoms with Gasteiger partial charge in [-0.3, -0.25) is 19.2 Å². The third-order valence-corrected chi connectivity index (χ3v) is 5.66. The number of nitrogens with zero attached hydrogens (tertiary/aromatic N) is 5. The maximum absolute atomic E-state index is 12.7. The molecule has 9 heteroatoms. The Morgan fingerprint density at radius 3 is 2.62 bits per heavy atom. The van der Waals surface area contributed by atoms with E-state index in [9.17, 15) is 9.59 Å². The van der Waals surface area contributed by atoms with Crippen LogP contribution in [0.25, 0.3) is 11.4 Å². The second-order valence-corrected chi connectivity index (χ2v) is 7.90. The van der Waals surface area contributed by atoms with Gasteiger partial charge in [-0.1, -0.05) is 42.1 Å². The maximum Gasteiger partial charge on any atom is 0.324 e. The van der Waals surface area contributed by atoms with Gasteiger partial charge in [0.2, 0.25) is 5.91 Å². The average Bonchev–Trinajstić information content (AvgIpc) is 3.35. The Balaban J connectivity index is 1.63. The summed E-state index contributed by atoms with van der Waals surface area (Å²) in [5.41, 5.74) is 2.00. The van der Waals surface area contributed by atoms with Crippen molar-refractivity contribution in [2.45, 2.75) is 23.9 Å². The molecule has 29 heavy (non-hydrogen) atoms. The number of carbonyl (C=O) groups excluding carboxylic acids is 2. The van der Waals surface area contributed by atoms with E-state index in [-0.39, 0.29) is 11.9 Å². The van der Waals surface area contributed by atoms with Gasteiger partial charge in [-0.15, -0.1) is 10.2 Å². The first-order valence-electron chi connectivity index (χ1n) is 9.27. The predicted octanol–water partition coefficient (Wildman–Crippen LogP) is 2.42. The third kappa shape index (κ3) is 4.14. The standard InChI is InChI=1S/C20H20N6O2S/c1-14(18(27)25-12-11-22-19(25)28)29-20-24-23-17(16-7-9-21-10-8-16)26(20)13-15-5-3-2-4-6-15/h2-10,14H,11-13H2,1H3,(H,22,28)/t14-/m0/s1. The van der Waals surface area contributed by atoms with E-state index >= 15 is 0 Å². The van der Waals surface area contributed by atoms with E-state index in [0.29, 0.717) is 30.6 Å². The number of amides is 3. The van der Waals surface area contributed by atoms with E-state index < -0.39 is 5.25 Å². The number of aromatic nitrogens is 4. The Morgan fingerprint density at radius 2 is 1.93 bits per heavy atom. The molecule has 4 rings (SSSR count). The molecule has 0 spiro atoms. The average molecular weight is 408 g/mol. The molecule has 1 aliphatic rings. The van der Waals surface area contributed by atoms with Crippen LogP contribution >= 0.6 is 11.8 Å². The van der Waals surface area contributed by atoms with Crippen LogP contribution in [0.4, 0.5) is 4.79 Å². The van der Waals surface area contributed by atoms with E-state index in [1.807, 2.05) is 47.0 Å². The van der Waals surface area contributed by atoms with Crippen molar-refractivity contribution in [3.05, 3.63) is 60.4 Å². The number of pyridine rings is 1. The van der Waals surface area contributed by atoms with Crippen molar-refractivity contribution in [2.75, 3.05) is 13.1 Å². The molecule has 3 amide bonds. The first-order valence-corrected chi connectivity index (χ1v) is 10.1. The molecule has 0 radical (unpaired) electrons. The summed E-state index contributed by atoms with van der Waals surface area (Å²) in [4.78, 5) is 29.8. The Kier molecular flexibility index (Phi) is 5.57. The molecular formula is C20H20N6O2S. The van der Waals surface area contributed by atoms with E-state index in [0.717, 1.165) is 11.1 Å². The summed E-state index contributed by atoms with van der Waals surface area (Å²) in [6, 6.07) is 13.4. The number of hydrogen-bond acceptors (Lipinski definition) is 6. The lowest BCUT2D eigenvalue weighted by molar-refractivity contribution is -0.126. The highest BCUT2D eigenvalue weighted by molar-refractivity contribution is 8.00. The van der Waals surface area contributed by atoms with Gasteiger partial charge in [-0.2, -0.15) is 0 Å². The molecule has 2 aromatic heterocycles. The summed E-state index contributed by atoms with van der Waals surface area (Å²) in [7, 11) is 0. The molecule has 1 N–H and O–H groups in total. The van der Waals surface area contributed by atoms with Crippen LogP contribution < -0.4 is 5.32 Å². The minimum atomic E-state index is -0.470. The number of carbonyl (C=O) groups is 2. The molecule has 1 saturated heterocycles. The summed E-state index contributed by atoms with van der Waals surface area (Å²) in [6.07, 6.45) is 3.42. The number of benzene rings is 1. The van der Waals surface area contributed by atoms with Gasteiger partial charge in [0.25, 0.3) is 0 Å². The Morgan fingerprint density at radius 1 is 1.17 bits per heavy atom. The first kappa shape index (κ1) is 19.1. The zero-order chi connectivity index (χ0) is 20.2. The van der Waals surface area contributed by atoms with Crippen molar-refractivity contribution in [3.8, 4) is 11.4 Å². The molecule has 3 aromatic rings. The van der Waals surface area contributed by atoms with Gasteiger partial charge in [0, 0.05) is 31.0 Å². The largest absolute Gasteiger partial charge is 0.336 e. The van der Waals surface area contributed by atoms with Gasteiger partial charge in [0.15, 0.2) is 11.0 Å². The highest BCUT2D eigenvalue weighted by Crippen LogP contribution is 2.28. The zero-order valence-electron chi connectivity index (χ0n) is 15.9. The maximum atomic E-state index is 12.7. The van der Waals surface area contributed by atoms with Crippen LogP contribution in [-0.2, 0) is 11.3 Å². The normalized spacial score (nSPS) is 14.7. The van der Waals surface area contributed by atoms with Crippen LogP contribution in [0.15, 0.2) is 60.0 Å². The Hall–Kier alpha value is -3.20. The number of hydrogen-bond donors (Lipinski definition) is 1. The van der Waals surface area contributed by atoms with Crippen LogP contribution in [0.3, 0.4) is 0 Å². The predicted molar refractivity (Wildman–Crippen MR) is 109 cm³/mol. The fourth-order valence-corrected chi connectivity index (χ4v) is 4.02. The molecule has 0 bridgehead atoms. The van der Waals surface area contributed by atoms with E-state index in [1.54, 1.807) is 19.3 Å². The molecule has 0 unspecified atom stereocenters. The molecule has 1 aliphatic heterocycles. The van der Waals surface area contributed by atoms with Crippen molar-refractivity contribution in [1.29, 1.82) is 0 Å². The minimum absolute atomic E-state index is 0.232. The van der Waals surface area contributed by atoms with Gasteiger partial charge < -0.3 is 5.32 Å². The Labute approximate surface area is 172 Å². The smallest absolute Gasteiger partial charge is 0.324 e. The monoisotopic (exact) mass is 408 g/mol. The van der Waals surface area contributed by atoms with Gasteiger partial charge >= 0.3 is 6.03 Å². The number of nitrogens with one attached hydrogen (secondary N) is 1. The quantitative estimate of drug-likeness (QED) is 0.630. The third-order valence-electron chi connectivity index (χ3n) is 4.59. The molecule has 1 atom stereocenters. The molecule has 3 heterocycles. The van der Waals surface area contributed by atoms with Crippen LogP contribution in [0.5, 0.6) is 0 Å². The van der Waals surface area contributed by atoms with E-state index in [1.165, 1.54) is 16.7 Å².